The van der Waals surface area contributed by atoms with Gasteiger partial charge in [0.05, 0.1) is 61.1 Å². The highest BCUT2D eigenvalue weighted by atomic mass is 35.5. The van der Waals surface area contributed by atoms with Crippen LogP contribution in [0.15, 0.2) is 176 Å². The van der Waals surface area contributed by atoms with Gasteiger partial charge in [-0.2, -0.15) is 0 Å². The van der Waals surface area contributed by atoms with Crippen molar-refractivity contribution in [3.63, 3.8) is 0 Å². The molecule has 0 radical (unpaired) electrons. The maximum atomic E-state index is 10.8. The number of para-hydroxylation sites is 4. The summed E-state index contributed by atoms with van der Waals surface area (Å²) >= 11 is 12.7. The van der Waals surface area contributed by atoms with E-state index in [9.17, 15) is 5.11 Å². The van der Waals surface area contributed by atoms with Crippen molar-refractivity contribution < 1.29 is 5.11 Å². The van der Waals surface area contributed by atoms with Gasteiger partial charge in [-0.15, -0.1) is 0 Å². The summed E-state index contributed by atoms with van der Waals surface area (Å²) in [4.78, 5) is 9.99. The van der Waals surface area contributed by atoms with Crippen LogP contribution in [0.5, 0.6) is 0 Å². The average Bonchev–Trinajstić information content (AvgIpc) is 4.08. The van der Waals surface area contributed by atoms with Crippen molar-refractivity contribution in [2.75, 3.05) is 0 Å². The fraction of sp³-hybridized carbons (Fsp3) is 0.107. The number of aliphatic hydroxyl groups is 1. The van der Waals surface area contributed by atoms with Crippen LogP contribution in [0.3, 0.4) is 0 Å². The van der Waals surface area contributed by atoms with E-state index in [0.29, 0.717) is 10.0 Å². The van der Waals surface area contributed by atoms with Crippen LogP contribution in [-0.4, -0.2) is 33.0 Å². The lowest BCUT2D eigenvalue weighted by atomic mass is 9.82. The summed E-state index contributed by atoms with van der Waals surface area (Å²) in [6.07, 6.45) is 0. The quantitative estimate of drug-likeness (QED) is 0.191. The van der Waals surface area contributed by atoms with Crippen molar-refractivity contribution in [2.45, 2.75) is 38.7 Å². The van der Waals surface area contributed by atoms with Crippen LogP contribution in [0.25, 0.3) is 89.3 Å². The Bertz CT molecular complexity index is 3900. The highest BCUT2D eigenvalue weighted by molar-refractivity contribution is 6.31. The van der Waals surface area contributed by atoms with Gasteiger partial charge in [0.25, 0.3) is 0 Å². The molecule has 0 bridgehead atoms. The van der Waals surface area contributed by atoms with E-state index in [2.05, 4.69) is 123 Å². The Hall–Kier alpha value is -7.16. The van der Waals surface area contributed by atoms with Gasteiger partial charge in [0.2, 0.25) is 11.6 Å². The summed E-state index contributed by atoms with van der Waals surface area (Å²) in [5.41, 5.74) is 17.7. The van der Waals surface area contributed by atoms with E-state index in [1.165, 1.54) is 22.3 Å². The van der Waals surface area contributed by atoms with Crippen molar-refractivity contribution >= 4 is 78.9 Å². The Morgan fingerprint density at radius 2 is 1.00 bits per heavy atom. The number of rotatable bonds is 4. The Labute approximate surface area is 385 Å². The summed E-state index contributed by atoms with van der Waals surface area (Å²) in [5.74, 6) is 1.74. The fourth-order valence-corrected chi connectivity index (χ4v) is 10.5. The third kappa shape index (κ3) is 6.07. The summed E-state index contributed by atoms with van der Waals surface area (Å²) in [5, 5.41) is 12.2. The van der Waals surface area contributed by atoms with Gasteiger partial charge in [0.15, 0.2) is 0 Å². The number of aromatic nitrogens is 6. The second kappa shape index (κ2) is 14.4. The molecule has 1 aliphatic carbocycles. The molecule has 4 heterocycles. The summed E-state index contributed by atoms with van der Waals surface area (Å²) < 4.78 is 8.86. The number of nitrogens with zero attached hydrogens (tertiary/aromatic N) is 6. The second-order valence-electron chi connectivity index (χ2n) is 18.0. The maximum Gasteiger partial charge on any atom is 0.220 e. The third-order valence-electron chi connectivity index (χ3n) is 13.1. The van der Waals surface area contributed by atoms with Crippen LogP contribution in [-0.2, 0) is 11.0 Å². The minimum Gasteiger partial charge on any atom is -0.386 e. The molecule has 0 spiro atoms. The zero-order valence-corrected chi connectivity index (χ0v) is 37.6. The first-order valence-electron chi connectivity index (χ1n) is 21.8. The number of benzene rings is 8. The summed E-state index contributed by atoms with van der Waals surface area (Å²) in [6, 6.07) is 60.2. The normalized spacial score (nSPS) is 13.3. The van der Waals surface area contributed by atoms with Crippen LogP contribution >= 0.6 is 23.2 Å². The molecule has 7 nitrogen and oxygen atoms in total. The topological polar surface area (TPSA) is 64.7 Å². The van der Waals surface area contributed by atoms with Crippen LogP contribution in [0, 0.1) is 0 Å². The van der Waals surface area contributed by atoms with Crippen molar-refractivity contribution in [1.29, 1.82) is 0 Å². The first kappa shape index (κ1) is 39.4. The molecule has 65 heavy (non-hydrogen) atoms. The summed E-state index contributed by atoms with van der Waals surface area (Å²) in [6.45, 7) is 8.27. The summed E-state index contributed by atoms with van der Waals surface area (Å²) in [7, 11) is 0. The molecule has 0 fully saturated rings. The lowest BCUT2D eigenvalue weighted by Crippen LogP contribution is -2.16. The van der Waals surface area contributed by atoms with Crippen molar-refractivity contribution in [3.05, 3.63) is 203 Å². The maximum absolute atomic E-state index is 10.8. The molecule has 0 unspecified atom stereocenters. The smallest absolute Gasteiger partial charge is 0.220 e. The van der Waals surface area contributed by atoms with Crippen LogP contribution in [0.1, 0.15) is 44.4 Å². The van der Waals surface area contributed by atoms with E-state index < -0.39 is 5.60 Å². The molecular weight excluding hydrogens is 844 g/mol. The fourth-order valence-electron chi connectivity index (χ4n) is 10.2. The number of halogens is 2. The van der Waals surface area contributed by atoms with Gasteiger partial charge in [-0.3, -0.25) is 17.9 Å². The molecule has 12 aromatic rings. The van der Waals surface area contributed by atoms with Gasteiger partial charge in [-0.05, 0) is 138 Å². The van der Waals surface area contributed by atoms with Crippen LogP contribution in [0.2, 0.25) is 10.0 Å². The van der Waals surface area contributed by atoms with Gasteiger partial charge >= 0.3 is 0 Å². The monoisotopic (exact) mass is 884 g/mol. The predicted octanol–water partition coefficient (Wildman–Crippen LogP) is 14.4. The van der Waals surface area contributed by atoms with Gasteiger partial charge in [-0.1, -0.05) is 128 Å². The molecule has 9 heteroatoms. The highest BCUT2D eigenvalue weighted by Gasteiger charge is 2.36. The lowest BCUT2D eigenvalue weighted by Gasteiger charge is -2.21. The van der Waals surface area contributed by atoms with Crippen molar-refractivity contribution in [1.82, 2.24) is 27.9 Å². The van der Waals surface area contributed by atoms with Crippen LogP contribution < -0.4 is 0 Å². The molecule has 1 aliphatic rings. The van der Waals surface area contributed by atoms with E-state index >= 15 is 0 Å². The predicted molar refractivity (Wildman–Crippen MR) is 267 cm³/mol. The largest absolute Gasteiger partial charge is 0.386 e. The molecule has 316 valence electrons. The first-order valence-corrected chi connectivity index (χ1v) is 22.5. The Balaban J connectivity index is 0.000000137. The number of hydrogen-bond acceptors (Lipinski definition) is 3. The zero-order chi connectivity index (χ0) is 44.4. The molecule has 0 atom stereocenters. The van der Waals surface area contributed by atoms with Gasteiger partial charge in [0.1, 0.15) is 0 Å². The third-order valence-corrected chi connectivity index (χ3v) is 13.6. The minimum absolute atomic E-state index is 0.0618. The molecule has 4 aromatic heterocycles. The van der Waals surface area contributed by atoms with Gasteiger partial charge in [0, 0.05) is 15.5 Å². The standard InChI is InChI=1S/C28H22ClN3O.C28H20ClN3/c1-28(2,33)22-11-4-3-10-21(22)18-14-15-25-26(16-18)32-24-13-6-5-12-23(24)30-27(32)31(25)20-9-7-8-19(29)17-20;1-28(2)21-11-4-3-10-19(21)20-15-25-26(16-22(20)28)31(18-9-7-8-17(29)14-18)27-30-23-12-5-6-13-24(23)32(25)27/h3-17,33H,1-2H3;3-16H,1-2H3. The molecule has 8 aromatic carbocycles. The van der Waals surface area contributed by atoms with Crippen molar-refractivity contribution in [2.24, 2.45) is 0 Å². The zero-order valence-electron chi connectivity index (χ0n) is 36.1. The van der Waals surface area contributed by atoms with Crippen LogP contribution in [0.4, 0.5) is 0 Å². The van der Waals surface area contributed by atoms with E-state index in [1.807, 2.05) is 98.8 Å². The van der Waals surface area contributed by atoms with Gasteiger partial charge in [-0.25, -0.2) is 9.97 Å². The molecule has 13 rings (SSSR count). The molecule has 0 saturated heterocycles. The van der Waals surface area contributed by atoms with E-state index in [1.54, 1.807) is 0 Å². The van der Waals surface area contributed by atoms with Gasteiger partial charge < -0.3 is 5.11 Å². The van der Waals surface area contributed by atoms with E-state index in [0.717, 1.165) is 83.8 Å². The second-order valence-corrected chi connectivity index (χ2v) is 18.8. The lowest BCUT2D eigenvalue weighted by molar-refractivity contribution is 0.0792. The number of hydrogen-bond donors (Lipinski definition) is 1. The molecule has 1 N–H and O–H groups in total. The Morgan fingerprint density at radius 3 is 1.62 bits per heavy atom. The Kier molecular flexibility index (Phi) is 8.75. The number of imidazole rings is 4. The molecule has 0 saturated carbocycles. The molecule has 0 aliphatic heterocycles. The van der Waals surface area contributed by atoms with E-state index in [4.69, 9.17) is 33.2 Å². The first-order chi connectivity index (χ1) is 31.5. The SMILES string of the molecule is CC(C)(O)c1ccccc1-c1ccc2c(c1)n1c3ccccc3nc1n2-c1cccc(Cl)c1.CC1(C)c2ccccc2-c2cc3c(cc21)n(-c1cccc(Cl)c1)c1nc2ccccc2n31. The molecular formula is C56H42Cl2N6O. The Morgan fingerprint density at radius 1 is 0.462 bits per heavy atom. The van der Waals surface area contributed by atoms with E-state index in [-0.39, 0.29) is 5.41 Å². The highest BCUT2D eigenvalue weighted by Crippen LogP contribution is 2.50. The number of fused-ring (bicyclic) bond motifs is 13. The molecule has 0 amide bonds. The average molecular weight is 886 g/mol. The van der Waals surface area contributed by atoms with Crippen molar-refractivity contribution in [3.8, 4) is 33.6 Å². The minimum atomic E-state index is -0.949.